The highest BCUT2D eigenvalue weighted by Crippen LogP contribution is 2.39. The summed E-state index contributed by atoms with van der Waals surface area (Å²) in [5.74, 6) is 5.88. The summed E-state index contributed by atoms with van der Waals surface area (Å²) >= 11 is 0. The third-order valence-corrected chi connectivity index (χ3v) is 3.85. The standard InChI is InChI=1S/C17H15NO2/c1-2-14-12-20-16(19)17(14)11-10-15(18-17)9-8-13-6-4-3-5-7-13/h2-7,14H,1,10-12H2/t14-,17+/m1/s1. The first-order valence-electron chi connectivity index (χ1n) is 6.70. The number of carbonyl (C=O) groups excluding carboxylic acids is 1. The minimum atomic E-state index is -0.761. The van der Waals surface area contributed by atoms with E-state index in [1.54, 1.807) is 6.08 Å². The van der Waals surface area contributed by atoms with Crippen LogP contribution in [0.5, 0.6) is 0 Å². The summed E-state index contributed by atoms with van der Waals surface area (Å²) in [6, 6.07) is 9.76. The van der Waals surface area contributed by atoms with Crippen LogP contribution in [0.15, 0.2) is 48.0 Å². The van der Waals surface area contributed by atoms with Gasteiger partial charge in [-0.1, -0.05) is 30.2 Å². The summed E-state index contributed by atoms with van der Waals surface area (Å²) < 4.78 is 5.14. The van der Waals surface area contributed by atoms with Gasteiger partial charge in [-0.05, 0) is 24.5 Å². The number of hydrogen-bond acceptors (Lipinski definition) is 3. The van der Waals surface area contributed by atoms with Crippen LogP contribution in [-0.2, 0) is 9.53 Å². The lowest BCUT2D eigenvalue weighted by Gasteiger charge is -2.19. The summed E-state index contributed by atoms with van der Waals surface area (Å²) in [6.07, 6.45) is 3.16. The van der Waals surface area contributed by atoms with Gasteiger partial charge in [-0.15, -0.1) is 6.58 Å². The van der Waals surface area contributed by atoms with Gasteiger partial charge in [0, 0.05) is 17.9 Å². The number of rotatable bonds is 1. The van der Waals surface area contributed by atoms with Gasteiger partial charge in [0.15, 0.2) is 5.54 Å². The minimum absolute atomic E-state index is 0.0361. The first-order valence-corrected chi connectivity index (χ1v) is 6.70. The van der Waals surface area contributed by atoms with E-state index in [4.69, 9.17) is 4.74 Å². The fourth-order valence-corrected chi connectivity index (χ4v) is 2.68. The number of hydrogen-bond donors (Lipinski definition) is 0. The van der Waals surface area contributed by atoms with Crippen LogP contribution in [0.3, 0.4) is 0 Å². The highest BCUT2D eigenvalue weighted by atomic mass is 16.5. The van der Waals surface area contributed by atoms with Gasteiger partial charge < -0.3 is 4.74 Å². The molecule has 0 unspecified atom stereocenters. The Morgan fingerprint density at radius 1 is 1.35 bits per heavy atom. The predicted octanol–water partition coefficient (Wildman–Crippen LogP) is 2.37. The lowest BCUT2D eigenvalue weighted by atomic mass is 9.85. The molecule has 2 aliphatic heterocycles. The maximum atomic E-state index is 12.0. The van der Waals surface area contributed by atoms with Crippen molar-refractivity contribution in [2.24, 2.45) is 10.9 Å². The normalized spacial score (nSPS) is 27.7. The molecule has 20 heavy (non-hydrogen) atoms. The molecule has 1 spiro atoms. The molecule has 3 heteroatoms. The average molecular weight is 265 g/mol. The molecule has 0 radical (unpaired) electrons. The number of aliphatic imine (C=N–C) groups is 1. The number of nitrogens with zero attached hydrogens (tertiary/aromatic N) is 1. The van der Waals surface area contributed by atoms with Crippen molar-refractivity contribution in [2.45, 2.75) is 18.4 Å². The second kappa shape index (κ2) is 4.97. The summed E-state index contributed by atoms with van der Waals surface area (Å²) in [6.45, 7) is 4.16. The van der Waals surface area contributed by atoms with Crippen molar-refractivity contribution in [2.75, 3.05) is 6.61 Å². The van der Waals surface area contributed by atoms with E-state index in [0.29, 0.717) is 13.0 Å². The van der Waals surface area contributed by atoms with E-state index >= 15 is 0 Å². The zero-order valence-corrected chi connectivity index (χ0v) is 11.1. The van der Waals surface area contributed by atoms with E-state index in [-0.39, 0.29) is 11.9 Å². The van der Waals surface area contributed by atoms with Gasteiger partial charge in [-0.3, -0.25) is 4.99 Å². The Balaban J connectivity index is 1.87. The van der Waals surface area contributed by atoms with Crippen LogP contribution in [0.4, 0.5) is 0 Å². The maximum absolute atomic E-state index is 12.0. The third kappa shape index (κ3) is 2.04. The van der Waals surface area contributed by atoms with E-state index < -0.39 is 5.54 Å². The van der Waals surface area contributed by atoms with Crippen molar-refractivity contribution in [1.29, 1.82) is 0 Å². The largest absolute Gasteiger partial charge is 0.463 e. The molecule has 0 N–H and O–H groups in total. The molecule has 0 aromatic heterocycles. The van der Waals surface area contributed by atoms with E-state index in [0.717, 1.165) is 17.7 Å². The van der Waals surface area contributed by atoms with Crippen molar-refractivity contribution < 1.29 is 9.53 Å². The van der Waals surface area contributed by atoms with E-state index in [1.165, 1.54) is 0 Å². The zero-order chi connectivity index (χ0) is 14.0. The topological polar surface area (TPSA) is 38.7 Å². The zero-order valence-electron chi connectivity index (χ0n) is 11.1. The quantitative estimate of drug-likeness (QED) is 0.444. The second-order valence-electron chi connectivity index (χ2n) is 5.04. The lowest BCUT2D eigenvalue weighted by molar-refractivity contribution is -0.142. The summed E-state index contributed by atoms with van der Waals surface area (Å²) in [7, 11) is 0. The lowest BCUT2D eigenvalue weighted by Crippen LogP contribution is -2.35. The first-order chi connectivity index (χ1) is 9.74. The average Bonchev–Trinajstić information content (AvgIpc) is 3.04. The van der Waals surface area contributed by atoms with Crippen LogP contribution in [-0.4, -0.2) is 23.8 Å². The highest BCUT2D eigenvalue weighted by molar-refractivity contribution is 6.05. The van der Waals surface area contributed by atoms with Gasteiger partial charge in [-0.2, -0.15) is 0 Å². The fraction of sp³-hybridized carbons (Fsp3) is 0.294. The van der Waals surface area contributed by atoms with Crippen LogP contribution in [0.1, 0.15) is 18.4 Å². The Bertz CT molecular complexity index is 636. The molecule has 1 aromatic carbocycles. The maximum Gasteiger partial charge on any atom is 0.334 e. The van der Waals surface area contributed by atoms with Crippen LogP contribution in [0.2, 0.25) is 0 Å². The monoisotopic (exact) mass is 265 g/mol. The van der Waals surface area contributed by atoms with Gasteiger partial charge in [0.1, 0.15) is 6.61 Å². The van der Waals surface area contributed by atoms with Gasteiger partial charge >= 0.3 is 5.97 Å². The van der Waals surface area contributed by atoms with Crippen LogP contribution >= 0.6 is 0 Å². The van der Waals surface area contributed by atoms with Crippen molar-refractivity contribution in [1.82, 2.24) is 0 Å². The number of carbonyl (C=O) groups is 1. The van der Waals surface area contributed by atoms with Crippen LogP contribution in [0, 0.1) is 17.8 Å². The van der Waals surface area contributed by atoms with Gasteiger partial charge in [0.25, 0.3) is 0 Å². The van der Waals surface area contributed by atoms with E-state index in [2.05, 4.69) is 23.4 Å². The summed E-state index contributed by atoms with van der Waals surface area (Å²) in [5.41, 5.74) is 0.965. The van der Waals surface area contributed by atoms with E-state index in [1.807, 2.05) is 30.3 Å². The highest BCUT2D eigenvalue weighted by Gasteiger charge is 2.53. The number of esters is 1. The molecule has 1 saturated heterocycles. The molecule has 0 saturated carbocycles. The molecule has 3 rings (SSSR count). The molecule has 0 bridgehead atoms. The second-order valence-corrected chi connectivity index (χ2v) is 5.04. The molecule has 2 atom stereocenters. The van der Waals surface area contributed by atoms with Gasteiger partial charge in [0.05, 0.1) is 5.71 Å². The minimum Gasteiger partial charge on any atom is -0.463 e. The first kappa shape index (κ1) is 12.7. The fourth-order valence-electron chi connectivity index (χ4n) is 2.68. The number of ether oxygens (including phenoxy) is 1. The SMILES string of the molecule is C=C[C@@H]1COC(=O)[C@]12CCC(C#Cc1ccccc1)=N2. The molecular weight excluding hydrogens is 250 g/mol. The number of benzene rings is 1. The van der Waals surface area contributed by atoms with Crippen molar-refractivity contribution in [3.63, 3.8) is 0 Å². The van der Waals surface area contributed by atoms with Gasteiger partial charge in [0.2, 0.25) is 0 Å². The van der Waals surface area contributed by atoms with Crippen molar-refractivity contribution in [3.8, 4) is 11.8 Å². The Labute approximate surface area is 118 Å². The number of cyclic esters (lactones) is 1. The third-order valence-electron chi connectivity index (χ3n) is 3.85. The molecule has 2 heterocycles. The predicted molar refractivity (Wildman–Crippen MR) is 77.4 cm³/mol. The van der Waals surface area contributed by atoms with Crippen LogP contribution < -0.4 is 0 Å². The Morgan fingerprint density at radius 3 is 2.90 bits per heavy atom. The summed E-state index contributed by atoms with van der Waals surface area (Å²) in [5, 5.41) is 0. The van der Waals surface area contributed by atoms with Gasteiger partial charge in [-0.25, -0.2) is 4.79 Å². The van der Waals surface area contributed by atoms with Crippen molar-refractivity contribution >= 4 is 11.7 Å². The van der Waals surface area contributed by atoms with Crippen LogP contribution in [0.25, 0.3) is 0 Å². The molecule has 1 fully saturated rings. The molecule has 100 valence electrons. The molecule has 3 nitrogen and oxygen atoms in total. The molecular formula is C17H15NO2. The summed E-state index contributed by atoms with van der Waals surface area (Å²) in [4.78, 5) is 16.5. The molecule has 0 amide bonds. The molecule has 2 aliphatic rings. The molecule has 1 aromatic rings. The molecule has 0 aliphatic carbocycles. The Morgan fingerprint density at radius 2 is 2.15 bits per heavy atom. The van der Waals surface area contributed by atoms with E-state index in [9.17, 15) is 4.79 Å². The Kier molecular flexibility index (Phi) is 3.15. The Hall–Kier alpha value is -2.34. The van der Waals surface area contributed by atoms with Crippen molar-refractivity contribution in [3.05, 3.63) is 48.6 Å². The smallest absolute Gasteiger partial charge is 0.334 e.